The summed E-state index contributed by atoms with van der Waals surface area (Å²) in [5, 5.41) is 0. The molecule has 1 saturated heterocycles. The maximum absolute atomic E-state index is 5.55. The van der Waals surface area contributed by atoms with Crippen LogP contribution in [0.1, 0.15) is 51.4 Å². The van der Waals surface area contributed by atoms with Crippen molar-refractivity contribution in [3.05, 3.63) is 6.92 Å². The molecular formula is C13H25O2. The fraction of sp³-hybridized carbons (Fsp3) is 0.923. The van der Waals surface area contributed by atoms with Gasteiger partial charge in [-0.3, -0.25) is 0 Å². The predicted molar refractivity (Wildman–Crippen MR) is 62.9 cm³/mol. The van der Waals surface area contributed by atoms with Crippen LogP contribution in [0.25, 0.3) is 0 Å². The summed E-state index contributed by atoms with van der Waals surface area (Å²) in [6, 6.07) is 0. The van der Waals surface area contributed by atoms with Gasteiger partial charge in [0.2, 0.25) is 0 Å². The zero-order valence-corrected chi connectivity index (χ0v) is 9.88. The molecule has 1 rings (SSSR count). The van der Waals surface area contributed by atoms with Gasteiger partial charge in [0.1, 0.15) is 0 Å². The molecule has 0 N–H and O–H groups in total. The first kappa shape index (κ1) is 13.0. The van der Waals surface area contributed by atoms with Crippen LogP contribution in [0, 0.1) is 6.92 Å². The highest BCUT2D eigenvalue weighted by Gasteiger charge is 2.20. The Morgan fingerprint density at radius 2 is 1.67 bits per heavy atom. The molecule has 0 spiro atoms. The lowest BCUT2D eigenvalue weighted by Gasteiger charge is -2.03. The molecule has 0 aliphatic carbocycles. The van der Waals surface area contributed by atoms with Gasteiger partial charge in [-0.05, 0) is 19.3 Å². The molecule has 1 fully saturated rings. The molecule has 0 bridgehead atoms. The minimum absolute atomic E-state index is 0.566. The molecule has 15 heavy (non-hydrogen) atoms. The van der Waals surface area contributed by atoms with Crippen molar-refractivity contribution in [2.24, 2.45) is 0 Å². The van der Waals surface area contributed by atoms with Crippen LogP contribution in [0.15, 0.2) is 0 Å². The lowest BCUT2D eigenvalue weighted by molar-refractivity contribution is 0.124. The Kier molecular flexibility index (Phi) is 7.94. The van der Waals surface area contributed by atoms with Crippen molar-refractivity contribution in [2.75, 3.05) is 19.8 Å². The van der Waals surface area contributed by atoms with Gasteiger partial charge in [0.25, 0.3) is 0 Å². The van der Waals surface area contributed by atoms with Gasteiger partial charge < -0.3 is 9.47 Å². The van der Waals surface area contributed by atoms with Crippen molar-refractivity contribution < 1.29 is 9.47 Å². The van der Waals surface area contributed by atoms with E-state index in [1.807, 2.05) is 0 Å². The van der Waals surface area contributed by atoms with Gasteiger partial charge in [0, 0.05) is 13.2 Å². The molecule has 2 heteroatoms. The molecule has 0 saturated carbocycles. The number of epoxide rings is 1. The zero-order chi connectivity index (χ0) is 10.8. The van der Waals surface area contributed by atoms with Gasteiger partial charge in [-0.15, -0.1) is 0 Å². The topological polar surface area (TPSA) is 21.8 Å². The van der Waals surface area contributed by atoms with Crippen LogP contribution in [-0.2, 0) is 9.47 Å². The van der Waals surface area contributed by atoms with Crippen LogP contribution in [0.2, 0.25) is 0 Å². The maximum atomic E-state index is 5.55. The summed E-state index contributed by atoms with van der Waals surface area (Å²) in [7, 11) is 0. The highest BCUT2D eigenvalue weighted by molar-refractivity contribution is 4.67. The third-order valence-corrected chi connectivity index (χ3v) is 2.76. The largest absolute Gasteiger partial charge is 0.381 e. The van der Waals surface area contributed by atoms with E-state index in [0.717, 1.165) is 32.7 Å². The Bertz CT molecular complexity index is 132. The third kappa shape index (κ3) is 8.88. The SMILES string of the molecule is [CH2]CCCCCCCOCCCC1CO1. The molecule has 0 aromatic heterocycles. The first-order valence-corrected chi connectivity index (χ1v) is 6.42. The van der Waals surface area contributed by atoms with Gasteiger partial charge in [0.15, 0.2) is 0 Å². The predicted octanol–water partition coefficient (Wildman–Crippen LogP) is 3.36. The molecule has 1 radical (unpaired) electrons. The van der Waals surface area contributed by atoms with E-state index in [-0.39, 0.29) is 0 Å². The molecule has 1 atom stereocenters. The van der Waals surface area contributed by atoms with Crippen molar-refractivity contribution in [1.82, 2.24) is 0 Å². The van der Waals surface area contributed by atoms with E-state index < -0.39 is 0 Å². The van der Waals surface area contributed by atoms with Crippen LogP contribution < -0.4 is 0 Å². The Labute approximate surface area is 94.3 Å². The summed E-state index contributed by atoms with van der Waals surface area (Å²) in [5.41, 5.74) is 0. The second-order valence-electron chi connectivity index (χ2n) is 4.33. The second kappa shape index (κ2) is 9.17. The molecule has 1 aliphatic rings. The summed E-state index contributed by atoms with van der Waals surface area (Å²) >= 11 is 0. The van der Waals surface area contributed by atoms with Gasteiger partial charge in [-0.2, -0.15) is 0 Å². The van der Waals surface area contributed by atoms with Crippen LogP contribution >= 0.6 is 0 Å². The van der Waals surface area contributed by atoms with E-state index in [2.05, 4.69) is 6.92 Å². The van der Waals surface area contributed by atoms with Crippen molar-refractivity contribution in [3.8, 4) is 0 Å². The number of unbranched alkanes of at least 4 members (excludes halogenated alkanes) is 5. The number of ether oxygens (including phenoxy) is 2. The summed E-state index contributed by atoms with van der Waals surface area (Å²) in [6.07, 6.45) is 10.5. The summed E-state index contributed by atoms with van der Waals surface area (Å²) in [5.74, 6) is 0. The molecule has 2 nitrogen and oxygen atoms in total. The van der Waals surface area contributed by atoms with Crippen LogP contribution in [0.4, 0.5) is 0 Å². The lowest BCUT2D eigenvalue weighted by atomic mass is 10.1. The molecular weight excluding hydrogens is 188 g/mol. The van der Waals surface area contributed by atoms with Crippen LogP contribution in [0.3, 0.4) is 0 Å². The van der Waals surface area contributed by atoms with Crippen molar-refractivity contribution in [3.63, 3.8) is 0 Å². The Hall–Kier alpha value is -0.0800. The van der Waals surface area contributed by atoms with E-state index in [1.165, 1.54) is 38.5 Å². The van der Waals surface area contributed by atoms with Gasteiger partial charge in [-0.1, -0.05) is 39.0 Å². The smallest absolute Gasteiger partial charge is 0.0810 e. The quantitative estimate of drug-likeness (QED) is 0.388. The molecule has 89 valence electrons. The Morgan fingerprint density at radius 3 is 2.40 bits per heavy atom. The molecule has 0 aromatic carbocycles. The summed E-state index contributed by atoms with van der Waals surface area (Å²) < 4.78 is 10.7. The number of rotatable bonds is 11. The third-order valence-electron chi connectivity index (χ3n) is 2.76. The molecule has 0 amide bonds. The zero-order valence-electron chi connectivity index (χ0n) is 9.88. The molecule has 1 heterocycles. The minimum Gasteiger partial charge on any atom is -0.381 e. The molecule has 1 aliphatic heterocycles. The highest BCUT2D eigenvalue weighted by Crippen LogP contribution is 2.15. The summed E-state index contributed by atoms with van der Waals surface area (Å²) in [6.45, 7) is 6.67. The number of hydrogen-bond donors (Lipinski definition) is 0. The van der Waals surface area contributed by atoms with Gasteiger partial charge in [-0.25, -0.2) is 0 Å². The fourth-order valence-electron chi connectivity index (χ4n) is 1.66. The average molecular weight is 213 g/mol. The van der Waals surface area contributed by atoms with E-state index in [0.29, 0.717) is 6.10 Å². The minimum atomic E-state index is 0.566. The van der Waals surface area contributed by atoms with Crippen molar-refractivity contribution in [2.45, 2.75) is 57.5 Å². The lowest BCUT2D eigenvalue weighted by Crippen LogP contribution is -1.98. The van der Waals surface area contributed by atoms with Crippen LogP contribution in [-0.4, -0.2) is 25.9 Å². The highest BCUT2D eigenvalue weighted by atomic mass is 16.6. The summed E-state index contributed by atoms with van der Waals surface area (Å²) in [4.78, 5) is 0. The first-order chi connectivity index (χ1) is 7.43. The van der Waals surface area contributed by atoms with E-state index in [9.17, 15) is 0 Å². The Morgan fingerprint density at radius 1 is 1.00 bits per heavy atom. The Balaban J connectivity index is 1.62. The normalized spacial score (nSPS) is 19.4. The fourth-order valence-corrected chi connectivity index (χ4v) is 1.66. The molecule has 0 aromatic rings. The van der Waals surface area contributed by atoms with Crippen molar-refractivity contribution in [1.29, 1.82) is 0 Å². The molecule has 1 unspecified atom stereocenters. The van der Waals surface area contributed by atoms with Gasteiger partial charge >= 0.3 is 0 Å². The van der Waals surface area contributed by atoms with E-state index >= 15 is 0 Å². The average Bonchev–Trinajstić information content (AvgIpc) is 3.05. The van der Waals surface area contributed by atoms with E-state index in [1.54, 1.807) is 0 Å². The monoisotopic (exact) mass is 213 g/mol. The maximum Gasteiger partial charge on any atom is 0.0810 e. The van der Waals surface area contributed by atoms with Crippen LogP contribution in [0.5, 0.6) is 0 Å². The number of hydrogen-bond acceptors (Lipinski definition) is 2. The second-order valence-corrected chi connectivity index (χ2v) is 4.33. The standard InChI is InChI=1S/C13H25O2/c1-2-3-4-5-6-7-10-14-11-8-9-13-12-15-13/h13H,1-12H2. The first-order valence-electron chi connectivity index (χ1n) is 6.42. The van der Waals surface area contributed by atoms with Gasteiger partial charge in [0.05, 0.1) is 12.7 Å². The van der Waals surface area contributed by atoms with Crippen molar-refractivity contribution >= 4 is 0 Å². The van der Waals surface area contributed by atoms with E-state index in [4.69, 9.17) is 9.47 Å².